The quantitative estimate of drug-likeness (QED) is 0.408. The number of aliphatic hydroxyl groups is 1. The molecule has 0 aromatic heterocycles. The van der Waals surface area contributed by atoms with Gasteiger partial charge in [0.1, 0.15) is 6.04 Å². The van der Waals surface area contributed by atoms with E-state index in [9.17, 15) is 35.2 Å². The Balaban J connectivity index is 3.51. The Labute approximate surface area is 120 Å². The van der Waals surface area contributed by atoms with Crippen LogP contribution < -0.4 is 4.72 Å². The Hall–Kier alpha value is -1.79. The second kappa shape index (κ2) is 6.14. The number of halogens is 5. The smallest absolute Gasteiger partial charge is 0.324 e. The lowest BCUT2D eigenvalue weighted by molar-refractivity contribution is -0.141. The van der Waals surface area contributed by atoms with Crippen molar-refractivity contribution in [2.75, 3.05) is 0 Å². The van der Waals surface area contributed by atoms with Crippen molar-refractivity contribution in [3.8, 4) is 0 Å². The van der Waals surface area contributed by atoms with Crippen LogP contribution in [0.1, 0.15) is 6.92 Å². The Morgan fingerprint density at radius 1 is 1.00 bits per heavy atom. The summed E-state index contributed by atoms with van der Waals surface area (Å²) in [5, 5.41) is 17.7. The molecule has 124 valence electrons. The van der Waals surface area contributed by atoms with Gasteiger partial charge in [0, 0.05) is 0 Å². The Morgan fingerprint density at radius 3 is 1.68 bits per heavy atom. The van der Waals surface area contributed by atoms with Crippen molar-refractivity contribution in [3.63, 3.8) is 0 Å². The van der Waals surface area contributed by atoms with E-state index in [4.69, 9.17) is 10.2 Å². The molecular weight excluding hydrogens is 341 g/mol. The van der Waals surface area contributed by atoms with Gasteiger partial charge in [-0.05, 0) is 6.92 Å². The molecule has 1 aromatic carbocycles. The minimum atomic E-state index is -5.46. The summed E-state index contributed by atoms with van der Waals surface area (Å²) in [6.07, 6.45) is -1.85. The predicted molar refractivity (Wildman–Crippen MR) is 59.7 cm³/mol. The van der Waals surface area contributed by atoms with E-state index >= 15 is 0 Å². The fourth-order valence-corrected chi connectivity index (χ4v) is 2.80. The highest BCUT2D eigenvalue weighted by atomic mass is 32.2. The van der Waals surface area contributed by atoms with Gasteiger partial charge in [0.2, 0.25) is 15.8 Å². The second-order valence-electron chi connectivity index (χ2n) is 4.08. The third-order valence-electron chi connectivity index (χ3n) is 2.47. The zero-order chi connectivity index (χ0) is 17.4. The maximum absolute atomic E-state index is 13.4. The number of aliphatic hydroxyl groups excluding tert-OH is 1. The molecule has 0 unspecified atom stereocenters. The van der Waals surface area contributed by atoms with Gasteiger partial charge in [-0.25, -0.2) is 30.4 Å². The van der Waals surface area contributed by atoms with E-state index < -0.39 is 62.1 Å². The van der Waals surface area contributed by atoms with Crippen LogP contribution in [-0.2, 0) is 14.8 Å². The number of hydrogen-bond donors (Lipinski definition) is 3. The Morgan fingerprint density at radius 2 is 1.36 bits per heavy atom. The molecule has 0 saturated carbocycles. The standard InChI is InChI=1S/C10H8F5NO5S/c1-2(17)8(10(18)19)16-22(20,21)9-6(14)4(12)3(11)5(13)7(9)15/h2,8,16-17H,1H3,(H,18,19)/t2-,8+/m1/s1. The monoisotopic (exact) mass is 349 g/mol. The molecule has 0 heterocycles. The number of sulfonamides is 1. The lowest BCUT2D eigenvalue weighted by atomic mass is 10.2. The first kappa shape index (κ1) is 18.3. The van der Waals surface area contributed by atoms with Crippen LogP contribution in [0.25, 0.3) is 0 Å². The second-order valence-corrected chi connectivity index (χ2v) is 5.73. The van der Waals surface area contributed by atoms with Gasteiger partial charge in [-0.3, -0.25) is 4.79 Å². The molecule has 0 saturated heterocycles. The average Bonchev–Trinajstić information content (AvgIpc) is 2.39. The fraction of sp³-hybridized carbons (Fsp3) is 0.300. The van der Waals surface area contributed by atoms with Crippen LogP contribution in [0.3, 0.4) is 0 Å². The molecule has 2 atom stereocenters. The highest BCUT2D eigenvalue weighted by Gasteiger charge is 2.37. The molecule has 0 aliphatic heterocycles. The van der Waals surface area contributed by atoms with Crippen LogP contribution in [-0.4, -0.2) is 36.7 Å². The SMILES string of the molecule is C[C@@H](O)[C@H](NS(=O)(=O)c1c(F)c(F)c(F)c(F)c1F)C(=O)O. The largest absolute Gasteiger partial charge is 0.480 e. The first-order valence-corrected chi connectivity index (χ1v) is 6.84. The number of hydrogen-bond acceptors (Lipinski definition) is 4. The number of benzene rings is 1. The first-order chi connectivity index (χ1) is 9.91. The minimum Gasteiger partial charge on any atom is -0.480 e. The van der Waals surface area contributed by atoms with Crippen LogP contribution in [0.15, 0.2) is 4.90 Å². The first-order valence-electron chi connectivity index (χ1n) is 5.36. The van der Waals surface area contributed by atoms with Gasteiger partial charge in [0.25, 0.3) is 0 Å². The summed E-state index contributed by atoms with van der Waals surface area (Å²) in [5.41, 5.74) is 0. The summed E-state index contributed by atoms with van der Waals surface area (Å²) in [4.78, 5) is 8.49. The molecular formula is C10H8F5NO5S. The zero-order valence-corrected chi connectivity index (χ0v) is 11.4. The minimum absolute atomic E-state index is 0.833. The topological polar surface area (TPSA) is 104 Å². The molecule has 1 rings (SSSR count). The molecule has 3 N–H and O–H groups in total. The van der Waals surface area contributed by atoms with Crippen molar-refractivity contribution in [3.05, 3.63) is 29.1 Å². The van der Waals surface area contributed by atoms with Crippen molar-refractivity contribution < 1.29 is 45.4 Å². The van der Waals surface area contributed by atoms with Crippen molar-refractivity contribution >= 4 is 16.0 Å². The summed E-state index contributed by atoms with van der Waals surface area (Å²) < 4.78 is 90.1. The molecule has 0 bridgehead atoms. The van der Waals surface area contributed by atoms with Gasteiger partial charge in [0.15, 0.2) is 28.2 Å². The number of carboxylic acids is 1. The summed E-state index contributed by atoms with van der Waals surface area (Å²) in [6, 6.07) is -2.26. The lowest BCUT2D eigenvalue weighted by Crippen LogP contribution is -2.48. The van der Waals surface area contributed by atoms with Crippen molar-refractivity contribution in [1.82, 2.24) is 4.72 Å². The Kier molecular flexibility index (Phi) is 5.10. The molecule has 6 nitrogen and oxygen atoms in total. The van der Waals surface area contributed by atoms with E-state index in [-0.39, 0.29) is 0 Å². The van der Waals surface area contributed by atoms with Crippen molar-refractivity contribution in [1.29, 1.82) is 0 Å². The molecule has 0 fully saturated rings. The van der Waals surface area contributed by atoms with Crippen LogP contribution in [0.2, 0.25) is 0 Å². The molecule has 0 aliphatic rings. The summed E-state index contributed by atoms with van der Waals surface area (Å²) in [7, 11) is -5.46. The highest BCUT2D eigenvalue weighted by Crippen LogP contribution is 2.26. The summed E-state index contributed by atoms with van der Waals surface area (Å²) >= 11 is 0. The Bertz CT molecular complexity index is 692. The van der Waals surface area contributed by atoms with Crippen LogP contribution in [0.4, 0.5) is 22.0 Å². The molecule has 1 aromatic rings. The van der Waals surface area contributed by atoms with Gasteiger partial charge in [-0.15, -0.1) is 0 Å². The summed E-state index contributed by atoms with van der Waals surface area (Å²) in [5.74, 6) is -14.8. The van der Waals surface area contributed by atoms with E-state index in [1.165, 1.54) is 0 Å². The van der Waals surface area contributed by atoms with Gasteiger partial charge in [-0.2, -0.15) is 4.72 Å². The normalized spacial score (nSPS) is 14.7. The van der Waals surface area contributed by atoms with Crippen molar-refractivity contribution in [2.24, 2.45) is 0 Å². The predicted octanol–water partition coefficient (Wildman–Crippen LogP) is 0.494. The molecule has 0 amide bonds. The molecule has 0 aliphatic carbocycles. The fourth-order valence-electron chi connectivity index (χ4n) is 1.40. The van der Waals surface area contributed by atoms with Gasteiger partial charge < -0.3 is 10.2 Å². The van der Waals surface area contributed by atoms with Crippen molar-refractivity contribution in [2.45, 2.75) is 24.0 Å². The molecule has 0 radical (unpaired) electrons. The number of aliphatic carboxylic acids is 1. The number of rotatable bonds is 5. The molecule has 22 heavy (non-hydrogen) atoms. The maximum atomic E-state index is 13.4. The average molecular weight is 349 g/mol. The van der Waals surface area contributed by atoms with E-state index in [0.717, 1.165) is 11.6 Å². The molecule has 12 heteroatoms. The number of carboxylic acid groups (broad SMARTS) is 1. The third kappa shape index (κ3) is 3.18. The van der Waals surface area contributed by atoms with Crippen LogP contribution >= 0.6 is 0 Å². The van der Waals surface area contributed by atoms with E-state index in [1.807, 2.05) is 0 Å². The van der Waals surface area contributed by atoms with E-state index in [1.54, 1.807) is 0 Å². The van der Waals surface area contributed by atoms with Gasteiger partial charge in [0.05, 0.1) is 6.10 Å². The number of carbonyl (C=O) groups is 1. The van der Waals surface area contributed by atoms with Crippen LogP contribution in [0.5, 0.6) is 0 Å². The highest BCUT2D eigenvalue weighted by molar-refractivity contribution is 7.89. The molecule has 0 spiro atoms. The van der Waals surface area contributed by atoms with Gasteiger partial charge >= 0.3 is 5.97 Å². The lowest BCUT2D eigenvalue weighted by Gasteiger charge is -2.18. The van der Waals surface area contributed by atoms with Gasteiger partial charge in [-0.1, -0.05) is 0 Å². The maximum Gasteiger partial charge on any atom is 0.324 e. The number of nitrogens with one attached hydrogen (secondary N) is 1. The summed E-state index contributed by atoms with van der Waals surface area (Å²) in [6.45, 7) is 0.833. The third-order valence-corrected chi connectivity index (χ3v) is 3.93. The van der Waals surface area contributed by atoms with E-state index in [2.05, 4.69) is 0 Å². The van der Waals surface area contributed by atoms with Crippen LogP contribution in [0, 0.1) is 29.1 Å². The zero-order valence-electron chi connectivity index (χ0n) is 10.6. The van der Waals surface area contributed by atoms with E-state index in [0.29, 0.717) is 0 Å².